The summed E-state index contributed by atoms with van der Waals surface area (Å²) < 4.78 is 25.4. The minimum Gasteiger partial charge on any atom is -0.345 e. The van der Waals surface area contributed by atoms with Gasteiger partial charge in [-0.3, -0.25) is 0 Å². The highest BCUT2D eigenvalue weighted by Crippen LogP contribution is 2.27. The minimum atomic E-state index is -2.43. The number of hydrogen-bond donors (Lipinski definition) is 1. The number of rotatable bonds is 1. The van der Waals surface area contributed by atoms with E-state index in [1.54, 1.807) is 6.07 Å². The Kier molecular flexibility index (Phi) is 2.19. The summed E-state index contributed by atoms with van der Waals surface area (Å²) in [7, 11) is 0. The van der Waals surface area contributed by atoms with E-state index in [9.17, 15) is 8.78 Å². The van der Waals surface area contributed by atoms with Crippen molar-refractivity contribution in [3.05, 3.63) is 27.6 Å². The fourth-order valence-corrected chi connectivity index (χ4v) is 1.83. The highest BCUT2D eigenvalue weighted by Gasteiger charge is 2.12. The lowest BCUT2D eigenvalue weighted by atomic mass is 10.2. The topological polar surface area (TPSA) is 28.7 Å². The SMILES string of the molecule is FC(F)c1cc2[nH]cnc2cc1I. The molecule has 0 saturated carbocycles. The van der Waals surface area contributed by atoms with Crippen LogP contribution in [-0.4, -0.2) is 9.97 Å². The average Bonchev–Trinajstić information content (AvgIpc) is 2.48. The number of aromatic nitrogens is 2. The summed E-state index contributed by atoms with van der Waals surface area (Å²) in [6.07, 6.45) is -0.935. The van der Waals surface area contributed by atoms with E-state index in [1.807, 2.05) is 22.6 Å². The molecule has 68 valence electrons. The number of imidazole rings is 1. The minimum absolute atomic E-state index is 0.0531. The van der Waals surface area contributed by atoms with E-state index in [0.717, 1.165) is 0 Å². The summed E-state index contributed by atoms with van der Waals surface area (Å²) in [4.78, 5) is 6.77. The molecular formula is C8H5F2IN2. The van der Waals surface area contributed by atoms with Crippen LogP contribution in [0.15, 0.2) is 18.5 Å². The number of halogens is 3. The first-order chi connectivity index (χ1) is 6.18. The van der Waals surface area contributed by atoms with Gasteiger partial charge in [-0.25, -0.2) is 13.8 Å². The molecule has 5 heteroatoms. The fourth-order valence-electron chi connectivity index (χ4n) is 1.14. The Bertz CT molecular complexity index is 439. The number of benzene rings is 1. The largest absolute Gasteiger partial charge is 0.345 e. The second-order valence-corrected chi connectivity index (χ2v) is 3.76. The summed E-state index contributed by atoms with van der Waals surface area (Å²) in [6, 6.07) is 3.09. The van der Waals surface area contributed by atoms with Crippen molar-refractivity contribution in [1.29, 1.82) is 0 Å². The number of aromatic amines is 1. The van der Waals surface area contributed by atoms with Gasteiger partial charge in [-0.15, -0.1) is 0 Å². The molecule has 0 aliphatic carbocycles. The molecule has 1 aromatic carbocycles. The Hall–Kier alpha value is -0.720. The van der Waals surface area contributed by atoms with Gasteiger partial charge in [0.25, 0.3) is 6.43 Å². The van der Waals surface area contributed by atoms with Crippen molar-refractivity contribution >= 4 is 33.6 Å². The number of nitrogens with zero attached hydrogens (tertiary/aromatic N) is 1. The van der Waals surface area contributed by atoms with Crippen molar-refractivity contribution in [2.24, 2.45) is 0 Å². The van der Waals surface area contributed by atoms with Gasteiger partial charge < -0.3 is 4.98 Å². The molecular weight excluding hydrogens is 289 g/mol. The number of fused-ring (bicyclic) bond motifs is 1. The zero-order valence-corrected chi connectivity index (χ0v) is 8.55. The van der Waals surface area contributed by atoms with Crippen molar-refractivity contribution in [1.82, 2.24) is 9.97 Å². The molecule has 1 aromatic heterocycles. The first kappa shape index (κ1) is 8.86. The molecule has 0 bridgehead atoms. The van der Waals surface area contributed by atoms with Gasteiger partial charge in [0.1, 0.15) is 0 Å². The van der Waals surface area contributed by atoms with E-state index in [4.69, 9.17) is 0 Å². The van der Waals surface area contributed by atoms with Crippen molar-refractivity contribution in [3.63, 3.8) is 0 Å². The van der Waals surface area contributed by atoms with Crippen molar-refractivity contribution in [2.75, 3.05) is 0 Å². The van der Waals surface area contributed by atoms with Crippen LogP contribution in [0.1, 0.15) is 12.0 Å². The molecule has 2 nitrogen and oxygen atoms in total. The Morgan fingerprint density at radius 1 is 1.38 bits per heavy atom. The van der Waals surface area contributed by atoms with Crippen LogP contribution in [0.25, 0.3) is 11.0 Å². The molecule has 0 fully saturated rings. The van der Waals surface area contributed by atoms with Gasteiger partial charge in [0.15, 0.2) is 0 Å². The first-order valence-electron chi connectivity index (χ1n) is 3.59. The molecule has 0 aliphatic heterocycles. The van der Waals surface area contributed by atoms with Crippen molar-refractivity contribution in [2.45, 2.75) is 6.43 Å². The monoisotopic (exact) mass is 294 g/mol. The Labute approximate surface area is 86.5 Å². The van der Waals surface area contributed by atoms with Crippen LogP contribution in [0.5, 0.6) is 0 Å². The Morgan fingerprint density at radius 2 is 2.15 bits per heavy atom. The summed E-state index contributed by atoms with van der Waals surface area (Å²) in [5.41, 5.74) is 1.42. The smallest absolute Gasteiger partial charge is 0.264 e. The molecule has 0 spiro atoms. The summed E-state index contributed by atoms with van der Waals surface area (Å²) in [5.74, 6) is 0. The van der Waals surface area contributed by atoms with E-state index in [2.05, 4.69) is 9.97 Å². The lowest BCUT2D eigenvalue weighted by molar-refractivity contribution is 0.150. The van der Waals surface area contributed by atoms with Crippen LogP contribution >= 0.6 is 22.6 Å². The maximum atomic E-state index is 12.4. The van der Waals surface area contributed by atoms with E-state index in [1.165, 1.54) is 12.4 Å². The second-order valence-electron chi connectivity index (χ2n) is 2.59. The number of alkyl halides is 2. The third kappa shape index (κ3) is 1.52. The van der Waals surface area contributed by atoms with Gasteiger partial charge in [-0.1, -0.05) is 0 Å². The van der Waals surface area contributed by atoms with E-state index in [0.29, 0.717) is 14.6 Å². The molecule has 0 saturated heterocycles. The van der Waals surface area contributed by atoms with Crippen LogP contribution in [0.3, 0.4) is 0 Å². The number of hydrogen-bond acceptors (Lipinski definition) is 1. The van der Waals surface area contributed by atoms with Crippen molar-refractivity contribution < 1.29 is 8.78 Å². The predicted octanol–water partition coefficient (Wildman–Crippen LogP) is 3.11. The predicted molar refractivity (Wildman–Crippen MR) is 53.8 cm³/mol. The maximum absolute atomic E-state index is 12.4. The third-order valence-corrected chi connectivity index (χ3v) is 2.71. The van der Waals surface area contributed by atoms with Crippen LogP contribution in [0.4, 0.5) is 8.78 Å². The molecule has 1 heterocycles. The van der Waals surface area contributed by atoms with E-state index in [-0.39, 0.29) is 5.56 Å². The lowest BCUT2D eigenvalue weighted by Crippen LogP contribution is -1.89. The normalized spacial score (nSPS) is 11.4. The average molecular weight is 294 g/mol. The van der Waals surface area contributed by atoms with Gasteiger partial charge in [-0.2, -0.15) is 0 Å². The number of nitrogens with one attached hydrogen (secondary N) is 1. The molecule has 1 N–H and O–H groups in total. The molecule has 13 heavy (non-hydrogen) atoms. The summed E-state index contributed by atoms with van der Waals surface area (Å²) in [5, 5.41) is 0. The zero-order chi connectivity index (χ0) is 9.42. The Balaban J connectivity index is 2.69. The highest BCUT2D eigenvalue weighted by atomic mass is 127. The quantitative estimate of drug-likeness (QED) is 0.804. The molecule has 0 unspecified atom stereocenters. The Morgan fingerprint density at radius 3 is 2.85 bits per heavy atom. The zero-order valence-electron chi connectivity index (χ0n) is 6.39. The molecule has 0 aliphatic rings. The summed E-state index contributed by atoms with van der Waals surface area (Å²) in [6.45, 7) is 0. The lowest BCUT2D eigenvalue weighted by Gasteiger charge is -2.02. The van der Waals surface area contributed by atoms with E-state index < -0.39 is 6.43 Å². The van der Waals surface area contributed by atoms with Gasteiger partial charge in [0.05, 0.1) is 17.4 Å². The van der Waals surface area contributed by atoms with Crippen molar-refractivity contribution in [3.8, 4) is 0 Å². The van der Waals surface area contributed by atoms with Crippen LogP contribution in [0, 0.1) is 3.57 Å². The van der Waals surface area contributed by atoms with Gasteiger partial charge in [0.2, 0.25) is 0 Å². The summed E-state index contributed by atoms with van der Waals surface area (Å²) >= 11 is 1.89. The molecule has 0 atom stereocenters. The van der Waals surface area contributed by atoms with Gasteiger partial charge >= 0.3 is 0 Å². The molecule has 2 aromatic rings. The van der Waals surface area contributed by atoms with Gasteiger partial charge in [0, 0.05) is 9.13 Å². The maximum Gasteiger partial charge on any atom is 0.264 e. The fraction of sp³-hybridized carbons (Fsp3) is 0.125. The van der Waals surface area contributed by atoms with Crippen LogP contribution < -0.4 is 0 Å². The molecule has 2 rings (SSSR count). The standard InChI is InChI=1S/C8H5F2IN2/c9-8(10)4-1-6-7(2-5(4)11)13-3-12-6/h1-3,8H,(H,12,13). The van der Waals surface area contributed by atoms with Gasteiger partial charge in [-0.05, 0) is 34.7 Å². The first-order valence-corrected chi connectivity index (χ1v) is 4.67. The number of H-pyrrole nitrogens is 1. The third-order valence-electron chi connectivity index (χ3n) is 1.77. The second kappa shape index (κ2) is 3.21. The van der Waals surface area contributed by atoms with Crippen LogP contribution in [0.2, 0.25) is 0 Å². The highest BCUT2D eigenvalue weighted by molar-refractivity contribution is 14.1. The van der Waals surface area contributed by atoms with E-state index >= 15 is 0 Å². The van der Waals surface area contributed by atoms with Crippen LogP contribution in [-0.2, 0) is 0 Å². The molecule has 0 amide bonds. The molecule has 0 radical (unpaired) electrons.